The van der Waals surface area contributed by atoms with Crippen LogP contribution in [0.1, 0.15) is 12.0 Å². The average Bonchev–Trinajstić information content (AvgIpc) is 3.53. The van der Waals surface area contributed by atoms with E-state index in [1.807, 2.05) is 12.1 Å². The molecule has 4 heterocycles. The Morgan fingerprint density at radius 1 is 1.14 bits per heavy atom. The van der Waals surface area contributed by atoms with Crippen LogP contribution in [0.2, 0.25) is 0 Å². The number of nitrogens with one attached hydrogen (secondary N) is 2. The zero-order chi connectivity index (χ0) is 24.4. The molecule has 3 aromatic heterocycles. The van der Waals surface area contributed by atoms with E-state index in [2.05, 4.69) is 40.4 Å². The smallest absolute Gasteiger partial charge is 0.406 e. The number of nitrogens with zero attached hydrogens (tertiary/aromatic N) is 5. The van der Waals surface area contributed by atoms with Gasteiger partial charge in [-0.25, -0.2) is 9.97 Å². The van der Waals surface area contributed by atoms with Crippen LogP contribution < -0.4 is 20.3 Å². The molecular weight excluding hydrogens is 503 g/mol. The highest BCUT2D eigenvalue weighted by atomic mass is 32.1. The second-order valence-electron chi connectivity index (χ2n) is 7.73. The van der Waals surface area contributed by atoms with Crippen LogP contribution in [0.5, 0.6) is 5.75 Å². The molecule has 0 bridgehead atoms. The van der Waals surface area contributed by atoms with Gasteiger partial charge in [0.05, 0.1) is 11.1 Å². The number of aromatic nitrogens is 4. The summed E-state index contributed by atoms with van der Waals surface area (Å²) in [4.78, 5) is 23.2. The van der Waals surface area contributed by atoms with Gasteiger partial charge in [0, 0.05) is 25.3 Å². The van der Waals surface area contributed by atoms with Gasteiger partial charge in [0.25, 0.3) is 0 Å². The number of halogens is 3. The predicted molar refractivity (Wildman–Crippen MR) is 127 cm³/mol. The number of thiazole rings is 1. The Hall–Kier alpha value is -3.52. The van der Waals surface area contributed by atoms with E-state index in [1.165, 1.54) is 35.6 Å². The summed E-state index contributed by atoms with van der Waals surface area (Å²) in [5.74, 6) is -0.684. The molecule has 1 aliphatic rings. The maximum atomic E-state index is 12.3. The number of carbonyl (C=O) groups excluding carboxylic acids is 1. The third-order valence-electron chi connectivity index (χ3n) is 5.13. The lowest BCUT2D eigenvalue weighted by Crippen LogP contribution is -2.25. The van der Waals surface area contributed by atoms with E-state index in [1.54, 1.807) is 17.5 Å². The highest BCUT2D eigenvalue weighted by molar-refractivity contribution is 7.22. The lowest BCUT2D eigenvalue weighted by Gasteiger charge is -2.14. The van der Waals surface area contributed by atoms with Crippen molar-refractivity contribution in [3.8, 4) is 5.75 Å². The standard InChI is InChI=1S/C21H18F3N7O2S2/c22-21(23,24)33-14-5-3-12(4-6-14)10-16(32)27-19-29-30-20(35-19)31-9-7-13(11-31)26-18-28-17-15(34-18)2-1-8-25-17/h1-6,8,13H,7,9-11H2,(H,25,26,28)(H,27,29,32). The van der Waals surface area contributed by atoms with Crippen molar-refractivity contribution in [2.24, 2.45) is 0 Å². The Labute approximate surface area is 205 Å². The second kappa shape index (κ2) is 9.62. The summed E-state index contributed by atoms with van der Waals surface area (Å²) in [5, 5.41) is 16.3. The van der Waals surface area contributed by atoms with Crippen molar-refractivity contribution in [1.29, 1.82) is 0 Å². The number of benzene rings is 1. The third kappa shape index (κ3) is 5.95. The summed E-state index contributed by atoms with van der Waals surface area (Å²) in [5.41, 5.74) is 1.27. The SMILES string of the molecule is O=C(Cc1ccc(OC(F)(F)F)cc1)Nc1nnc(N2CCC(Nc3nc4ncccc4s3)C2)s1. The van der Waals surface area contributed by atoms with Gasteiger partial charge in [0.15, 0.2) is 10.8 Å². The van der Waals surface area contributed by atoms with E-state index >= 15 is 0 Å². The Morgan fingerprint density at radius 3 is 2.74 bits per heavy atom. The monoisotopic (exact) mass is 521 g/mol. The summed E-state index contributed by atoms with van der Waals surface area (Å²) < 4.78 is 41.6. The highest BCUT2D eigenvalue weighted by Crippen LogP contribution is 2.30. The van der Waals surface area contributed by atoms with Crippen molar-refractivity contribution >= 4 is 54.3 Å². The Morgan fingerprint density at radius 2 is 1.97 bits per heavy atom. The number of carbonyl (C=O) groups is 1. The Kier molecular flexibility index (Phi) is 6.38. The molecule has 1 aromatic carbocycles. The predicted octanol–water partition coefficient (Wildman–Crippen LogP) is 4.31. The molecule has 5 rings (SSSR count). The number of amides is 1. The summed E-state index contributed by atoms with van der Waals surface area (Å²) >= 11 is 2.83. The van der Waals surface area contributed by atoms with E-state index < -0.39 is 6.36 Å². The third-order valence-corrected chi connectivity index (χ3v) is 6.97. The molecule has 4 aromatic rings. The van der Waals surface area contributed by atoms with Crippen molar-refractivity contribution in [2.45, 2.75) is 25.2 Å². The van der Waals surface area contributed by atoms with Crippen molar-refractivity contribution in [1.82, 2.24) is 20.2 Å². The summed E-state index contributed by atoms with van der Waals surface area (Å²) in [6.07, 6.45) is -2.16. The number of pyridine rings is 1. The average molecular weight is 522 g/mol. The molecule has 1 atom stereocenters. The van der Waals surface area contributed by atoms with Gasteiger partial charge in [-0.2, -0.15) is 0 Å². The quantitative estimate of drug-likeness (QED) is 0.371. The van der Waals surface area contributed by atoms with Crippen LogP contribution in [-0.4, -0.2) is 51.6 Å². The number of fused-ring (bicyclic) bond motifs is 1. The number of hydrogen-bond acceptors (Lipinski definition) is 10. The molecule has 0 spiro atoms. The first-order valence-corrected chi connectivity index (χ1v) is 12.2. The molecule has 1 aliphatic heterocycles. The number of rotatable bonds is 7. The summed E-state index contributed by atoms with van der Waals surface area (Å²) in [7, 11) is 0. The topological polar surface area (TPSA) is 105 Å². The van der Waals surface area contributed by atoms with Crippen LogP contribution in [0.4, 0.5) is 28.6 Å². The van der Waals surface area contributed by atoms with Gasteiger partial charge >= 0.3 is 6.36 Å². The molecule has 1 amide bonds. The minimum Gasteiger partial charge on any atom is -0.406 e. The van der Waals surface area contributed by atoms with Crippen molar-refractivity contribution in [3.05, 3.63) is 48.2 Å². The molecule has 1 saturated heterocycles. The maximum Gasteiger partial charge on any atom is 0.573 e. The fraction of sp³-hybridized carbons (Fsp3) is 0.286. The van der Waals surface area contributed by atoms with Crippen LogP contribution >= 0.6 is 22.7 Å². The van der Waals surface area contributed by atoms with Gasteiger partial charge in [-0.3, -0.25) is 4.79 Å². The van der Waals surface area contributed by atoms with Gasteiger partial charge in [-0.1, -0.05) is 34.8 Å². The fourth-order valence-electron chi connectivity index (χ4n) is 3.61. The largest absolute Gasteiger partial charge is 0.573 e. The molecule has 2 N–H and O–H groups in total. The van der Waals surface area contributed by atoms with Crippen molar-refractivity contribution in [3.63, 3.8) is 0 Å². The van der Waals surface area contributed by atoms with Gasteiger partial charge in [-0.15, -0.1) is 23.4 Å². The summed E-state index contributed by atoms with van der Waals surface area (Å²) in [6.45, 7) is 1.51. The number of anilines is 3. The molecule has 0 saturated carbocycles. The van der Waals surface area contributed by atoms with Gasteiger partial charge in [0.2, 0.25) is 16.2 Å². The first-order chi connectivity index (χ1) is 16.8. The Bertz CT molecular complexity index is 1290. The molecule has 1 fully saturated rings. The minimum absolute atomic E-state index is 0.0199. The lowest BCUT2D eigenvalue weighted by molar-refractivity contribution is -0.274. The molecule has 0 aliphatic carbocycles. The van der Waals surface area contributed by atoms with Crippen LogP contribution in [0.15, 0.2) is 42.6 Å². The normalized spacial score (nSPS) is 16.0. The van der Waals surface area contributed by atoms with Crippen LogP contribution in [-0.2, 0) is 11.2 Å². The molecule has 9 nitrogen and oxygen atoms in total. The number of alkyl halides is 3. The van der Waals surface area contributed by atoms with E-state index in [-0.39, 0.29) is 24.1 Å². The first-order valence-electron chi connectivity index (χ1n) is 10.5. The zero-order valence-electron chi connectivity index (χ0n) is 18.0. The Balaban J connectivity index is 1.12. The van der Waals surface area contributed by atoms with Gasteiger partial charge < -0.3 is 20.3 Å². The van der Waals surface area contributed by atoms with Gasteiger partial charge in [-0.05, 0) is 36.2 Å². The van der Waals surface area contributed by atoms with E-state index in [0.29, 0.717) is 15.8 Å². The van der Waals surface area contributed by atoms with E-state index in [0.717, 1.165) is 35.0 Å². The van der Waals surface area contributed by atoms with E-state index in [9.17, 15) is 18.0 Å². The van der Waals surface area contributed by atoms with Crippen molar-refractivity contribution < 1.29 is 22.7 Å². The minimum atomic E-state index is -4.76. The van der Waals surface area contributed by atoms with E-state index in [4.69, 9.17) is 0 Å². The van der Waals surface area contributed by atoms with Gasteiger partial charge in [0.1, 0.15) is 5.75 Å². The first kappa shape index (κ1) is 23.2. The summed E-state index contributed by atoms with van der Waals surface area (Å²) in [6, 6.07) is 9.22. The highest BCUT2D eigenvalue weighted by Gasteiger charge is 2.31. The second-order valence-corrected chi connectivity index (χ2v) is 9.71. The zero-order valence-corrected chi connectivity index (χ0v) is 19.6. The van der Waals surface area contributed by atoms with Crippen LogP contribution in [0, 0.1) is 0 Å². The number of ether oxygens (including phenoxy) is 1. The molecule has 14 heteroatoms. The molecule has 182 valence electrons. The molecule has 1 unspecified atom stereocenters. The fourth-order valence-corrected chi connectivity index (χ4v) is 5.31. The van der Waals surface area contributed by atoms with Crippen molar-refractivity contribution in [2.75, 3.05) is 28.6 Å². The van der Waals surface area contributed by atoms with Crippen LogP contribution in [0.25, 0.3) is 10.3 Å². The lowest BCUT2D eigenvalue weighted by atomic mass is 10.1. The maximum absolute atomic E-state index is 12.3. The molecule has 0 radical (unpaired) electrons. The number of hydrogen-bond donors (Lipinski definition) is 2. The van der Waals surface area contributed by atoms with Crippen LogP contribution in [0.3, 0.4) is 0 Å². The molecular formula is C21H18F3N7O2S2. The molecule has 35 heavy (non-hydrogen) atoms.